The van der Waals surface area contributed by atoms with Gasteiger partial charge >= 0.3 is 0 Å². The maximum atomic E-state index is 11.4. The van der Waals surface area contributed by atoms with Crippen LogP contribution >= 0.6 is 0 Å². The van der Waals surface area contributed by atoms with Crippen molar-refractivity contribution >= 4 is 0 Å². The Bertz CT molecular complexity index is 634. The third kappa shape index (κ3) is 5.61. The number of hydrogen-bond acceptors (Lipinski definition) is 2. The molecule has 0 amide bonds. The van der Waals surface area contributed by atoms with Crippen molar-refractivity contribution in [3.8, 4) is 11.8 Å². The Labute approximate surface area is 158 Å². The maximum absolute atomic E-state index is 11.4. The van der Waals surface area contributed by atoms with Crippen LogP contribution in [0.2, 0.25) is 0 Å². The van der Waals surface area contributed by atoms with Crippen molar-refractivity contribution in [2.75, 3.05) is 13.1 Å². The van der Waals surface area contributed by atoms with E-state index in [0.29, 0.717) is 12.5 Å². The van der Waals surface area contributed by atoms with E-state index >= 15 is 0 Å². The highest BCUT2D eigenvalue weighted by Crippen LogP contribution is 2.32. The quantitative estimate of drug-likeness (QED) is 0.782. The van der Waals surface area contributed by atoms with E-state index in [9.17, 15) is 5.11 Å². The summed E-state index contributed by atoms with van der Waals surface area (Å²) in [4.78, 5) is 2.30. The van der Waals surface area contributed by atoms with E-state index in [1.807, 2.05) is 60.7 Å². The Morgan fingerprint density at radius 1 is 0.920 bits per heavy atom. The molecule has 0 aliphatic rings. The van der Waals surface area contributed by atoms with Crippen molar-refractivity contribution in [1.29, 1.82) is 0 Å². The monoisotopic (exact) mass is 356 g/mol. The summed E-state index contributed by atoms with van der Waals surface area (Å²) in [6.45, 7) is 8.21. The molecule has 0 spiro atoms. The van der Waals surface area contributed by atoms with Crippen molar-refractivity contribution in [2.24, 2.45) is 0 Å². The summed E-state index contributed by atoms with van der Waals surface area (Å²) in [6, 6.07) is 20.0. The summed E-state index contributed by atoms with van der Waals surface area (Å²) in [5.41, 5.74) is 0.674. The molecule has 2 nitrogen and oxygen atoms in total. The van der Waals surface area contributed by atoms with Gasteiger partial charge in [0, 0.05) is 12.5 Å². The van der Waals surface area contributed by atoms with Crippen molar-refractivity contribution in [3.63, 3.8) is 0 Å². The Hall–Kier alpha value is -1.79. The number of rotatable bonds is 6. The third-order valence-electron chi connectivity index (χ3n) is 4.39. The van der Waals surface area contributed by atoms with E-state index in [0.717, 1.165) is 24.2 Å². The van der Waals surface area contributed by atoms with Crippen LogP contribution in [0.1, 0.15) is 38.3 Å². The van der Waals surface area contributed by atoms with Crippen molar-refractivity contribution < 1.29 is 17.5 Å². The van der Waals surface area contributed by atoms with Gasteiger partial charge in [-0.1, -0.05) is 79.4 Å². The average Bonchev–Trinajstić information content (AvgIpc) is 2.62. The van der Waals surface area contributed by atoms with Gasteiger partial charge in [0.05, 0.1) is 6.54 Å². The highest BCUT2D eigenvalue weighted by atomic mass is 35.5. The van der Waals surface area contributed by atoms with Gasteiger partial charge in [-0.25, -0.2) is 0 Å². The van der Waals surface area contributed by atoms with E-state index in [4.69, 9.17) is 0 Å². The minimum Gasteiger partial charge on any atom is -1.00 e. The topological polar surface area (TPSA) is 23.5 Å². The second kappa shape index (κ2) is 10.3. The van der Waals surface area contributed by atoms with Gasteiger partial charge in [-0.15, -0.1) is 0 Å². The van der Waals surface area contributed by atoms with Crippen LogP contribution in [0, 0.1) is 11.8 Å². The van der Waals surface area contributed by atoms with Crippen LogP contribution in [0.3, 0.4) is 0 Å². The summed E-state index contributed by atoms with van der Waals surface area (Å²) in [5, 5.41) is 11.4. The Kier molecular flexibility index (Phi) is 8.72. The van der Waals surface area contributed by atoms with Gasteiger partial charge in [-0.05, 0) is 31.5 Å². The lowest BCUT2D eigenvalue weighted by atomic mass is 9.84. The summed E-state index contributed by atoms with van der Waals surface area (Å²) in [5.74, 6) is 6.43. The van der Waals surface area contributed by atoms with Crippen LogP contribution in [0.15, 0.2) is 60.7 Å². The summed E-state index contributed by atoms with van der Waals surface area (Å²) in [6.07, 6.45) is 0.386. The molecule has 134 valence electrons. The Morgan fingerprint density at radius 3 is 1.80 bits per heavy atom. The number of halogens is 1. The van der Waals surface area contributed by atoms with Gasteiger partial charge < -0.3 is 17.5 Å². The number of hydrogen-bond donors (Lipinski definition) is 1. The molecule has 1 N–H and O–H groups in total. The first-order valence-corrected chi connectivity index (χ1v) is 8.61. The predicted octanol–water partition coefficient (Wildman–Crippen LogP) is 1.05. The highest BCUT2D eigenvalue weighted by Gasteiger charge is 2.30. The van der Waals surface area contributed by atoms with E-state index in [1.165, 1.54) is 0 Å². The zero-order chi connectivity index (χ0) is 17.4. The Balaban J connectivity index is 0.00000312. The first-order valence-electron chi connectivity index (χ1n) is 8.61. The molecule has 2 aromatic carbocycles. The molecule has 25 heavy (non-hydrogen) atoms. The zero-order valence-electron chi connectivity index (χ0n) is 15.2. The molecular weight excluding hydrogens is 330 g/mol. The standard InChI is InChI=1S/C22H27NO.ClH/c1-4-23(19(2)3)18-12-11-17-22(24,20-13-7-5-8-14-20)21-15-9-6-10-16-21;/h5-10,13-16,19,24H,4,17-18H2,1-3H3;1H/p-1. The molecule has 0 fully saturated rings. The molecule has 0 aromatic heterocycles. The molecule has 0 aliphatic carbocycles. The number of nitrogens with zero attached hydrogens (tertiary/aromatic N) is 1. The van der Waals surface area contributed by atoms with Crippen LogP contribution in [0.5, 0.6) is 0 Å². The van der Waals surface area contributed by atoms with Crippen LogP contribution < -0.4 is 12.4 Å². The molecule has 0 saturated carbocycles. The fraction of sp³-hybridized carbons (Fsp3) is 0.364. The minimum atomic E-state index is -1.08. The van der Waals surface area contributed by atoms with Gasteiger partial charge in [0.25, 0.3) is 0 Å². The fourth-order valence-corrected chi connectivity index (χ4v) is 2.81. The first kappa shape index (κ1) is 21.3. The molecule has 0 heterocycles. The minimum absolute atomic E-state index is 0. The molecule has 0 atom stereocenters. The lowest BCUT2D eigenvalue weighted by molar-refractivity contribution is -0.00000937. The fourth-order valence-electron chi connectivity index (χ4n) is 2.81. The average molecular weight is 357 g/mol. The van der Waals surface area contributed by atoms with Gasteiger partial charge in [0.2, 0.25) is 0 Å². The second-order valence-electron chi connectivity index (χ2n) is 6.28. The lowest BCUT2D eigenvalue weighted by Crippen LogP contribution is -3.00. The highest BCUT2D eigenvalue weighted by molar-refractivity contribution is 5.37. The van der Waals surface area contributed by atoms with E-state index in [2.05, 4.69) is 37.5 Å². The van der Waals surface area contributed by atoms with Crippen LogP contribution in [-0.2, 0) is 5.60 Å². The molecule has 2 rings (SSSR count). The molecule has 0 saturated heterocycles. The summed E-state index contributed by atoms with van der Waals surface area (Å²) < 4.78 is 0. The summed E-state index contributed by atoms with van der Waals surface area (Å²) >= 11 is 0. The van der Waals surface area contributed by atoms with Gasteiger partial charge in [-0.3, -0.25) is 4.90 Å². The summed E-state index contributed by atoms with van der Waals surface area (Å²) in [7, 11) is 0. The third-order valence-corrected chi connectivity index (χ3v) is 4.39. The Morgan fingerprint density at radius 2 is 1.40 bits per heavy atom. The molecule has 0 bridgehead atoms. The van der Waals surface area contributed by atoms with Crippen molar-refractivity contribution in [3.05, 3.63) is 71.8 Å². The molecule has 0 aliphatic heterocycles. The first-order chi connectivity index (χ1) is 11.6. The van der Waals surface area contributed by atoms with Gasteiger partial charge in [-0.2, -0.15) is 0 Å². The van der Waals surface area contributed by atoms with Crippen molar-refractivity contribution in [1.82, 2.24) is 4.90 Å². The molecule has 0 unspecified atom stereocenters. The van der Waals surface area contributed by atoms with Crippen molar-refractivity contribution in [2.45, 2.75) is 38.8 Å². The zero-order valence-corrected chi connectivity index (χ0v) is 16.0. The lowest BCUT2D eigenvalue weighted by Gasteiger charge is -2.27. The predicted molar refractivity (Wildman–Crippen MR) is 101 cm³/mol. The second-order valence-corrected chi connectivity index (χ2v) is 6.28. The van der Waals surface area contributed by atoms with E-state index in [1.54, 1.807) is 0 Å². The number of benzene rings is 2. The number of aliphatic hydroxyl groups is 1. The SMILES string of the molecule is CCN(CC#CCC(O)(c1ccccc1)c1ccccc1)C(C)C.[Cl-]. The molecule has 0 radical (unpaired) electrons. The van der Waals surface area contributed by atoms with Crippen LogP contribution in [0.4, 0.5) is 0 Å². The smallest absolute Gasteiger partial charge is 0.125 e. The normalized spacial score (nSPS) is 11.0. The molecular formula is C22H27ClNO-. The largest absolute Gasteiger partial charge is 1.00 e. The van der Waals surface area contributed by atoms with Gasteiger partial charge in [0.1, 0.15) is 5.60 Å². The maximum Gasteiger partial charge on any atom is 0.125 e. The van der Waals surface area contributed by atoms with E-state index in [-0.39, 0.29) is 12.4 Å². The van der Waals surface area contributed by atoms with Crippen LogP contribution in [-0.4, -0.2) is 29.1 Å². The van der Waals surface area contributed by atoms with Gasteiger partial charge in [0.15, 0.2) is 0 Å². The van der Waals surface area contributed by atoms with Crippen LogP contribution in [0.25, 0.3) is 0 Å². The molecule has 2 aromatic rings. The molecule has 3 heteroatoms. The van der Waals surface area contributed by atoms with E-state index < -0.39 is 5.60 Å².